The van der Waals surface area contributed by atoms with Crippen LogP contribution in [-0.4, -0.2) is 48.6 Å². The topological polar surface area (TPSA) is 79.7 Å². The molecule has 5 aromatic rings. The van der Waals surface area contributed by atoms with Crippen LogP contribution in [0.5, 0.6) is 0 Å². The van der Waals surface area contributed by atoms with Gasteiger partial charge in [0.1, 0.15) is 5.65 Å². The average molecular weight is 457 g/mol. The van der Waals surface area contributed by atoms with Gasteiger partial charge in [-0.15, -0.1) is 11.3 Å². The minimum absolute atomic E-state index is 0.0696. The summed E-state index contributed by atoms with van der Waals surface area (Å²) in [4.78, 5) is 29.1. The Balaban J connectivity index is 1.24. The molecule has 1 amide bonds. The number of hydrogen-bond donors (Lipinski definition) is 1. The number of aromatic amines is 1. The first kappa shape index (κ1) is 20.1. The molecule has 0 saturated carbocycles. The molecule has 7 nitrogen and oxygen atoms in total. The molecule has 1 aliphatic heterocycles. The van der Waals surface area contributed by atoms with Gasteiger partial charge >= 0.3 is 0 Å². The quantitative estimate of drug-likeness (QED) is 0.423. The number of aryl methyl sites for hydroxylation is 1. The Bertz CT molecular complexity index is 1440. The van der Waals surface area contributed by atoms with Crippen molar-refractivity contribution in [2.24, 2.45) is 0 Å². The summed E-state index contributed by atoms with van der Waals surface area (Å²) in [5.41, 5.74) is 4.54. The van der Waals surface area contributed by atoms with Crippen LogP contribution in [0, 0.1) is 6.92 Å². The zero-order chi connectivity index (χ0) is 22.4. The molecule has 0 aromatic carbocycles. The molecule has 8 heteroatoms. The van der Waals surface area contributed by atoms with E-state index in [1.165, 1.54) is 15.8 Å². The van der Waals surface area contributed by atoms with Crippen LogP contribution in [0.25, 0.3) is 22.1 Å². The van der Waals surface area contributed by atoms with Crippen molar-refractivity contribution >= 4 is 39.3 Å². The van der Waals surface area contributed by atoms with Crippen LogP contribution in [0.15, 0.2) is 54.3 Å². The fourth-order valence-corrected chi connectivity index (χ4v) is 5.58. The van der Waals surface area contributed by atoms with Crippen molar-refractivity contribution in [1.29, 1.82) is 0 Å². The van der Waals surface area contributed by atoms with Crippen LogP contribution in [0.1, 0.15) is 45.3 Å². The smallest absolute Gasteiger partial charge is 0.254 e. The summed E-state index contributed by atoms with van der Waals surface area (Å²) in [7, 11) is 0. The Morgan fingerprint density at radius 3 is 2.91 bits per heavy atom. The van der Waals surface area contributed by atoms with E-state index in [2.05, 4.69) is 38.8 Å². The van der Waals surface area contributed by atoms with E-state index in [1.54, 1.807) is 17.5 Å². The third-order valence-corrected chi connectivity index (χ3v) is 7.42. The molecule has 5 aromatic heterocycles. The Labute approximate surface area is 195 Å². The van der Waals surface area contributed by atoms with E-state index in [-0.39, 0.29) is 5.91 Å². The molecule has 33 heavy (non-hydrogen) atoms. The number of nitrogens with zero attached hydrogens (tertiary/aromatic N) is 5. The molecule has 0 spiro atoms. The van der Waals surface area contributed by atoms with Crippen molar-refractivity contribution in [1.82, 2.24) is 29.6 Å². The maximum Gasteiger partial charge on any atom is 0.254 e. The van der Waals surface area contributed by atoms with Gasteiger partial charge in [0, 0.05) is 41.4 Å². The minimum Gasteiger partial charge on any atom is -0.346 e. The molecule has 6 rings (SSSR count). The van der Waals surface area contributed by atoms with Crippen molar-refractivity contribution in [3.63, 3.8) is 0 Å². The van der Waals surface area contributed by atoms with E-state index in [1.807, 2.05) is 40.9 Å². The third-order valence-electron chi connectivity index (χ3n) is 6.56. The number of likely N-dealkylation sites (tertiary alicyclic amines) is 1. The van der Waals surface area contributed by atoms with Crippen molar-refractivity contribution in [3.05, 3.63) is 76.0 Å². The first-order chi connectivity index (χ1) is 16.2. The molecule has 6 heterocycles. The molecule has 0 aliphatic carbocycles. The number of hydrogen-bond acceptors (Lipinski definition) is 5. The number of piperidine rings is 1. The number of fused-ring (bicyclic) bond motifs is 2. The first-order valence-electron chi connectivity index (χ1n) is 11.2. The highest BCUT2D eigenvalue weighted by atomic mass is 32.1. The highest BCUT2D eigenvalue weighted by Gasteiger charge is 2.28. The van der Waals surface area contributed by atoms with E-state index >= 15 is 0 Å². The second-order valence-electron chi connectivity index (χ2n) is 8.64. The standard InChI is InChI=1S/C25H24N6OS/c1-16-12-20(22-14-28-31(24(22)29-16)15-18-4-3-11-33-18)25(32)30-9-6-17(7-10-30)21-13-27-23-19(21)5-2-8-26-23/h2-5,8,11-14,17H,6-7,9-10,15H2,1H3,(H,26,27). The van der Waals surface area contributed by atoms with Crippen molar-refractivity contribution in [2.75, 3.05) is 13.1 Å². The van der Waals surface area contributed by atoms with Crippen LogP contribution >= 0.6 is 11.3 Å². The largest absolute Gasteiger partial charge is 0.346 e. The van der Waals surface area contributed by atoms with Gasteiger partial charge in [0.25, 0.3) is 5.91 Å². The monoisotopic (exact) mass is 456 g/mol. The number of rotatable bonds is 4. The summed E-state index contributed by atoms with van der Waals surface area (Å²) in [6.45, 7) is 4.08. The van der Waals surface area contributed by atoms with Crippen LogP contribution in [0.2, 0.25) is 0 Å². The van der Waals surface area contributed by atoms with Gasteiger partial charge in [0.05, 0.1) is 23.7 Å². The normalized spacial score (nSPS) is 15.0. The molecular weight excluding hydrogens is 432 g/mol. The average Bonchev–Trinajstić information content (AvgIpc) is 3.59. The molecule has 1 aliphatic rings. The maximum absolute atomic E-state index is 13.5. The van der Waals surface area contributed by atoms with Gasteiger partial charge in [-0.3, -0.25) is 4.79 Å². The van der Waals surface area contributed by atoms with Crippen molar-refractivity contribution in [2.45, 2.75) is 32.2 Å². The number of H-pyrrole nitrogens is 1. The lowest BCUT2D eigenvalue weighted by molar-refractivity contribution is 0.0715. The Kier molecular flexibility index (Phi) is 4.95. The zero-order valence-corrected chi connectivity index (χ0v) is 19.2. The molecule has 0 unspecified atom stereocenters. The van der Waals surface area contributed by atoms with E-state index in [9.17, 15) is 4.79 Å². The van der Waals surface area contributed by atoms with Crippen molar-refractivity contribution in [3.8, 4) is 0 Å². The first-order valence-corrected chi connectivity index (χ1v) is 12.1. The van der Waals surface area contributed by atoms with Crippen molar-refractivity contribution < 1.29 is 4.79 Å². The summed E-state index contributed by atoms with van der Waals surface area (Å²) in [6, 6.07) is 10.1. The second-order valence-corrected chi connectivity index (χ2v) is 9.67. The molecule has 1 fully saturated rings. The van der Waals surface area contributed by atoms with Crippen LogP contribution in [0.3, 0.4) is 0 Å². The predicted octanol–water partition coefficient (Wildman–Crippen LogP) is 4.75. The number of aromatic nitrogens is 5. The molecule has 1 saturated heterocycles. The fourth-order valence-electron chi connectivity index (χ4n) is 4.89. The van der Waals surface area contributed by atoms with E-state index < -0.39 is 0 Å². The predicted molar refractivity (Wildman–Crippen MR) is 130 cm³/mol. The van der Waals surface area contributed by atoms with Gasteiger partial charge < -0.3 is 9.88 Å². The summed E-state index contributed by atoms with van der Waals surface area (Å²) >= 11 is 1.70. The maximum atomic E-state index is 13.5. The van der Waals surface area contributed by atoms with Gasteiger partial charge in [0.15, 0.2) is 5.65 Å². The molecule has 1 N–H and O–H groups in total. The third kappa shape index (κ3) is 3.60. The Hall–Kier alpha value is -3.52. The number of thiophene rings is 1. The lowest BCUT2D eigenvalue weighted by Crippen LogP contribution is -2.38. The number of pyridine rings is 2. The SMILES string of the molecule is Cc1cc(C(=O)N2CCC(c3c[nH]c4ncccc34)CC2)c2cnn(Cc3cccs3)c2n1. The molecule has 166 valence electrons. The van der Waals surface area contributed by atoms with E-state index in [0.29, 0.717) is 18.0 Å². The van der Waals surface area contributed by atoms with Crippen LogP contribution in [-0.2, 0) is 6.54 Å². The summed E-state index contributed by atoms with van der Waals surface area (Å²) < 4.78 is 1.89. The number of carbonyl (C=O) groups is 1. The summed E-state index contributed by atoms with van der Waals surface area (Å²) in [6.07, 6.45) is 7.56. The fraction of sp³-hybridized carbons (Fsp3) is 0.280. The van der Waals surface area contributed by atoms with Gasteiger partial charge in [0.2, 0.25) is 0 Å². The molecule has 0 bridgehead atoms. The highest BCUT2D eigenvalue weighted by Crippen LogP contribution is 2.33. The summed E-state index contributed by atoms with van der Waals surface area (Å²) in [5, 5.41) is 8.63. The van der Waals surface area contributed by atoms with Gasteiger partial charge in [-0.1, -0.05) is 6.07 Å². The van der Waals surface area contributed by atoms with Gasteiger partial charge in [-0.05, 0) is 60.9 Å². The van der Waals surface area contributed by atoms with Gasteiger partial charge in [-0.25, -0.2) is 14.6 Å². The van der Waals surface area contributed by atoms with Crippen LogP contribution in [0.4, 0.5) is 0 Å². The van der Waals surface area contributed by atoms with E-state index in [4.69, 9.17) is 4.98 Å². The zero-order valence-electron chi connectivity index (χ0n) is 18.4. The Morgan fingerprint density at radius 1 is 1.21 bits per heavy atom. The molecular formula is C25H24N6OS. The Morgan fingerprint density at radius 2 is 2.09 bits per heavy atom. The lowest BCUT2D eigenvalue weighted by Gasteiger charge is -2.32. The molecule has 0 atom stereocenters. The number of nitrogens with one attached hydrogen (secondary N) is 1. The lowest BCUT2D eigenvalue weighted by atomic mass is 9.89. The van der Waals surface area contributed by atoms with E-state index in [0.717, 1.165) is 48.3 Å². The summed E-state index contributed by atoms with van der Waals surface area (Å²) in [5.74, 6) is 0.500. The number of carbonyl (C=O) groups excluding carboxylic acids is 1. The molecule has 0 radical (unpaired) electrons. The number of amides is 1. The van der Waals surface area contributed by atoms with Crippen LogP contribution < -0.4 is 0 Å². The van der Waals surface area contributed by atoms with Gasteiger partial charge in [-0.2, -0.15) is 5.10 Å². The highest BCUT2D eigenvalue weighted by molar-refractivity contribution is 7.09. The minimum atomic E-state index is 0.0696. The second kappa shape index (κ2) is 8.12.